The van der Waals surface area contributed by atoms with Crippen LogP contribution in [0.4, 0.5) is 5.69 Å². The van der Waals surface area contributed by atoms with E-state index in [-0.39, 0.29) is 12.1 Å². The molecule has 2 N–H and O–H groups in total. The van der Waals surface area contributed by atoms with Gasteiger partial charge in [-0.05, 0) is 43.3 Å². The molecule has 2 aromatic carbocycles. The molecule has 146 valence electrons. The van der Waals surface area contributed by atoms with Gasteiger partial charge >= 0.3 is 5.69 Å². The molecular formula is C19H15ClN6O3. The predicted octanol–water partition coefficient (Wildman–Crippen LogP) is 2.20. The molecule has 0 radical (unpaired) electrons. The average molecular weight is 411 g/mol. The van der Waals surface area contributed by atoms with Crippen molar-refractivity contribution in [2.24, 2.45) is 0 Å². The summed E-state index contributed by atoms with van der Waals surface area (Å²) in [4.78, 5) is 43.8. The number of fused-ring (bicyclic) bond motifs is 1. The fraction of sp³-hybridized carbons (Fsp3) is 0.105. The van der Waals surface area contributed by atoms with Gasteiger partial charge < -0.3 is 10.3 Å². The first-order chi connectivity index (χ1) is 14.0. The Labute approximate surface area is 168 Å². The van der Waals surface area contributed by atoms with Crippen LogP contribution in [0, 0.1) is 0 Å². The maximum atomic E-state index is 12.8. The lowest BCUT2D eigenvalue weighted by molar-refractivity contribution is 0.102. The van der Waals surface area contributed by atoms with Gasteiger partial charge in [-0.2, -0.15) is 5.10 Å². The number of nitrogens with one attached hydrogen (secondary N) is 2. The standard InChI is InChI=1S/C19H15ClN6O3/c1-2-25-18(28)13-5-3-11(7-14(13)24-19(25)29)17(27)23-15-8-12(20)4-6-16(15)26-10-21-9-22-26/h3-10H,2H2,1H3,(H,23,27)(H,24,29). The number of carbonyl (C=O) groups is 1. The summed E-state index contributed by atoms with van der Waals surface area (Å²) in [5, 5.41) is 7.62. The van der Waals surface area contributed by atoms with Gasteiger partial charge in [-0.25, -0.2) is 14.5 Å². The van der Waals surface area contributed by atoms with E-state index in [2.05, 4.69) is 20.4 Å². The molecule has 0 spiro atoms. The molecule has 0 aliphatic rings. The number of H-pyrrole nitrogens is 1. The predicted molar refractivity (Wildman–Crippen MR) is 109 cm³/mol. The second kappa shape index (κ2) is 7.36. The summed E-state index contributed by atoms with van der Waals surface area (Å²) in [6.07, 6.45) is 2.88. The number of amides is 1. The molecular weight excluding hydrogens is 396 g/mol. The molecule has 0 saturated carbocycles. The van der Waals surface area contributed by atoms with Crippen LogP contribution in [0.1, 0.15) is 17.3 Å². The van der Waals surface area contributed by atoms with Crippen molar-refractivity contribution < 1.29 is 4.79 Å². The number of carbonyl (C=O) groups excluding carboxylic acids is 1. The molecule has 1 amide bonds. The van der Waals surface area contributed by atoms with Crippen LogP contribution < -0.4 is 16.6 Å². The van der Waals surface area contributed by atoms with E-state index in [9.17, 15) is 14.4 Å². The number of aromatic amines is 1. The van der Waals surface area contributed by atoms with Gasteiger partial charge in [0.05, 0.1) is 22.3 Å². The average Bonchev–Trinajstić information content (AvgIpc) is 3.22. The monoisotopic (exact) mass is 410 g/mol. The summed E-state index contributed by atoms with van der Waals surface area (Å²) >= 11 is 6.08. The fourth-order valence-electron chi connectivity index (χ4n) is 3.02. The van der Waals surface area contributed by atoms with E-state index in [0.717, 1.165) is 4.57 Å². The topological polar surface area (TPSA) is 115 Å². The highest BCUT2D eigenvalue weighted by Crippen LogP contribution is 2.24. The molecule has 0 atom stereocenters. The van der Waals surface area contributed by atoms with Gasteiger partial charge in [-0.1, -0.05) is 11.6 Å². The zero-order valence-electron chi connectivity index (χ0n) is 15.2. The number of nitrogens with zero attached hydrogens (tertiary/aromatic N) is 4. The third-order valence-corrected chi connectivity index (χ3v) is 4.67. The van der Waals surface area contributed by atoms with Crippen molar-refractivity contribution in [2.75, 3.05) is 5.32 Å². The fourth-order valence-corrected chi connectivity index (χ4v) is 3.19. The number of hydrogen-bond donors (Lipinski definition) is 2. The van der Waals surface area contributed by atoms with Crippen molar-refractivity contribution in [3.05, 3.63) is 80.5 Å². The molecule has 0 unspecified atom stereocenters. The Morgan fingerprint density at radius 3 is 2.76 bits per heavy atom. The molecule has 10 heteroatoms. The van der Waals surface area contributed by atoms with E-state index in [1.807, 2.05) is 0 Å². The number of anilines is 1. The number of rotatable bonds is 4. The number of hydrogen-bond acceptors (Lipinski definition) is 5. The van der Waals surface area contributed by atoms with Crippen LogP contribution >= 0.6 is 11.6 Å². The van der Waals surface area contributed by atoms with Crippen molar-refractivity contribution in [3.63, 3.8) is 0 Å². The first-order valence-corrected chi connectivity index (χ1v) is 9.08. The van der Waals surface area contributed by atoms with Crippen LogP contribution in [0.2, 0.25) is 5.02 Å². The van der Waals surface area contributed by atoms with E-state index in [4.69, 9.17) is 11.6 Å². The van der Waals surface area contributed by atoms with Crippen LogP contribution in [-0.4, -0.2) is 30.2 Å². The minimum atomic E-state index is -0.522. The Kier molecular flexibility index (Phi) is 4.73. The SMILES string of the molecule is CCn1c(=O)[nH]c2cc(C(=O)Nc3cc(Cl)ccc3-n3cncn3)ccc2c1=O. The molecule has 4 rings (SSSR count). The van der Waals surface area contributed by atoms with Gasteiger partial charge in [0.2, 0.25) is 0 Å². The lowest BCUT2D eigenvalue weighted by Gasteiger charge is -2.12. The smallest absolute Gasteiger partial charge is 0.320 e. The van der Waals surface area contributed by atoms with Gasteiger partial charge in [0.15, 0.2) is 0 Å². The van der Waals surface area contributed by atoms with Crippen molar-refractivity contribution >= 4 is 34.1 Å². The third kappa shape index (κ3) is 3.43. The quantitative estimate of drug-likeness (QED) is 0.535. The van der Waals surface area contributed by atoms with Gasteiger partial charge in [-0.15, -0.1) is 0 Å². The number of aromatic nitrogens is 5. The summed E-state index contributed by atoms with van der Waals surface area (Å²) in [6.45, 7) is 1.97. The number of benzene rings is 2. The van der Waals surface area contributed by atoms with E-state index < -0.39 is 17.2 Å². The van der Waals surface area contributed by atoms with E-state index in [1.165, 1.54) is 35.5 Å². The molecule has 29 heavy (non-hydrogen) atoms. The highest BCUT2D eigenvalue weighted by molar-refractivity contribution is 6.31. The Morgan fingerprint density at radius 2 is 2.03 bits per heavy atom. The minimum Gasteiger partial charge on any atom is -0.320 e. The molecule has 2 aromatic heterocycles. The second-order valence-electron chi connectivity index (χ2n) is 6.20. The third-order valence-electron chi connectivity index (χ3n) is 4.43. The van der Waals surface area contributed by atoms with Crippen molar-refractivity contribution in [3.8, 4) is 5.69 Å². The largest absolute Gasteiger partial charge is 0.328 e. The zero-order chi connectivity index (χ0) is 20.5. The molecule has 0 aliphatic heterocycles. The molecule has 0 aliphatic carbocycles. The number of halogens is 1. The van der Waals surface area contributed by atoms with Gasteiger partial charge in [0, 0.05) is 17.1 Å². The summed E-state index contributed by atoms with van der Waals surface area (Å²) in [5.41, 5.74) is 0.655. The van der Waals surface area contributed by atoms with Crippen molar-refractivity contribution in [1.29, 1.82) is 0 Å². The van der Waals surface area contributed by atoms with Crippen molar-refractivity contribution in [2.45, 2.75) is 13.5 Å². The van der Waals surface area contributed by atoms with Crippen LogP contribution in [0.25, 0.3) is 16.6 Å². The maximum absolute atomic E-state index is 12.8. The van der Waals surface area contributed by atoms with E-state index in [1.54, 1.807) is 25.1 Å². The Bertz CT molecular complexity index is 1340. The maximum Gasteiger partial charge on any atom is 0.328 e. The summed E-state index contributed by atoms with van der Waals surface area (Å²) in [7, 11) is 0. The first kappa shape index (κ1) is 18.6. The van der Waals surface area contributed by atoms with Gasteiger partial charge in [0.1, 0.15) is 12.7 Å². The second-order valence-corrected chi connectivity index (χ2v) is 6.63. The minimum absolute atomic E-state index is 0.256. The molecule has 9 nitrogen and oxygen atoms in total. The molecule has 0 saturated heterocycles. The Balaban J connectivity index is 1.73. The van der Waals surface area contributed by atoms with Gasteiger partial charge in [-0.3, -0.25) is 14.2 Å². The van der Waals surface area contributed by atoms with E-state index >= 15 is 0 Å². The Hall–Kier alpha value is -3.72. The zero-order valence-corrected chi connectivity index (χ0v) is 16.0. The summed E-state index contributed by atoms with van der Waals surface area (Å²) < 4.78 is 2.59. The van der Waals surface area contributed by atoms with Crippen LogP contribution in [0.5, 0.6) is 0 Å². The van der Waals surface area contributed by atoms with Crippen molar-refractivity contribution in [1.82, 2.24) is 24.3 Å². The lowest BCUT2D eigenvalue weighted by atomic mass is 10.1. The van der Waals surface area contributed by atoms with Gasteiger partial charge in [0.25, 0.3) is 11.5 Å². The molecule has 0 bridgehead atoms. The lowest BCUT2D eigenvalue weighted by Crippen LogP contribution is -2.34. The summed E-state index contributed by atoms with van der Waals surface area (Å²) in [5.74, 6) is -0.434. The summed E-state index contributed by atoms with van der Waals surface area (Å²) in [6, 6.07) is 9.49. The molecule has 4 aromatic rings. The Morgan fingerprint density at radius 1 is 1.21 bits per heavy atom. The van der Waals surface area contributed by atoms with E-state index in [0.29, 0.717) is 27.3 Å². The normalized spacial score (nSPS) is 11.0. The first-order valence-electron chi connectivity index (χ1n) is 8.70. The highest BCUT2D eigenvalue weighted by atomic mass is 35.5. The molecule has 0 fully saturated rings. The molecule has 2 heterocycles. The van der Waals surface area contributed by atoms with Crippen LogP contribution in [0.3, 0.4) is 0 Å². The van der Waals surface area contributed by atoms with Crippen LogP contribution in [-0.2, 0) is 6.54 Å². The van der Waals surface area contributed by atoms with Crippen LogP contribution in [0.15, 0.2) is 58.6 Å². The highest BCUT2D eigenvalue weighted by Gasteiger charge is 2.14.